The van der Waals surface area contributed by atoms with Crippen molar-refractivity contribution in [2.75, 3.05) is 20.1 Å². The zero-order valence-electron chi connectivity index (χ0n) is 13.2. The highest BCUT2D eigenvalue weighted by atomic mass is 16.2. The van der Waals surface area contributed by atoms with Crippen LogP contribution >= 0.6 is 0 Å². The lowest BCUT2D eigenvalue weighted by Gasteiger charge is -2.20. The lowest BCUT2D eigenvalue weighted by Crippen LogP contribution is -2.45. The van der Waals surface area contributed by atoms with E-state index in [9.17, 15) is 9.59 Å². The lowest BCUT2D eigenvalue weighted by atomic mass is 9.92. The summed E-state index contributed by atoms with van der Waals surface area (Å²) in [6, 6.07) is 8.13. The number of likely N-dealkylation sites (tertiary alicyclic amines) is 1. The van der Waals surface area contributed by atoms with Crippen molar-refractivity contribution in [2.45, 2.75) is 37.6 Å². The number of urea groups is 1. The standard InChI is InChI=1S/C17H23N3O2/c1-12-5-3-4-6-14(12)17(7-8-17)11-18-16(22)19-13-9-15(21)20(2)10-13/h3-6,13H,7-11H2,1-2H3,(H2,18,19,22)/t13-/m0/s1. The van der Waals surface area contributed by atoms with Crippen LogP contribution in [-0.4, -0.2) is 43.0 Å². The van der Waals surface area contributed by atoms with Gasteiger partial charge in [0.2, 0.25) is 5.91 Å². The first-order valence-electron chi connectivity index (χ1n) is 7.85. The number of carbonyl (C=O) groups is 2. The number of benzene rings is 1. The van der Waals surface area contributed by atoms with Crippen molar-refractivity contribution in [2.24, 2.45) is 0 Å². The normalized spacial score (nSPS) is 22.5. The van der Waals surface area contributed by atoms with Gasteiger partial charge >= 0.3 is 6.03 Å². The maximum absolute atomic E-state index is 12.1. The van der Waals surface area contributed by atoms with Gasteiger partial charge in [0, 0.05) is 32.0 Å². The number of aryl methyl sites for hydroxylation is 1. The molecule has 0 aromatic heterocycles. The van der Waals surface area contributed by atoms with Gasteiger partial charge in [-0.25, -0.2) is 4.79 Å². The van der Waals surface area contributed by atoms with Gasteiger partial charge < -0.3 is 15.5 Å². The first-order valence-corrected chi connectivity index (χ1v) is 7.85. The Labute approximate surface area is 131 Å². The van der Waals surface area contributed by atoms with Crippen molar-refractivity contribution in [1.29, 1.82) is 0 Å². The minimum Gasteiger partial charge on any atom is -0.344 e. The highest BCUT2D eigenvalue weighted by molar-refractivity contribution is 5.81. The third-order valence-electron chi connectivity index (χ3n) is 4.83. The molecule has 5 nitrogen and oxygen atoms in total. The molecule has 1 aromatic carbocycles. The van der Waals surface area contributed by atoms with Gasteiger partial charge in [-0.05, 0) is 30.9 Å². The van der Waals surface area contributed by atoms with Gasteiger partial charge in [-0.1, -0.05) is 24.3 Å². The number of nitrogens with zero attached hydrogens (tertiary/aromatic N) is 1. The largest absolute Gasteiger partial charge is 0.344 e. The van der Waals surface area contributed by atoms with Crippen LogP contribution in [0.1, 0.15) is 30.4 Å². The van der Waals surface area contributed by atoms with Crippen LogP contribution in [0.2, 0.25) is 0 Å². The van der Waals surface area contributed by atoms with Gasteiger partial charge in [-0.2, -0.15) is 0 Å². The van der Waals surface area contributed by atoms with E-state index in [-0.39, 0.29) is 23.4 Å². The van der Waals surface area contributed by atoms with Crippen molar-refractivity contribution in [3.05, 3.63) is 35.4 Å². The molecule has 1 saturated heterocycles. The molecule has 1 aliphatic heterocycles. The van der Waals surface area contributed by atoms with Crippen molar-refractivity contribution >= 4 is 11.9 Å². The van der Waals surface area contributed by atoms with Crippen LogP contribution in [0.15, 0.2) is 24.3 Å². The molecule has 0 radical (unpaired) electrons. The summed E-state index contributed by atoms with van der Waals surface area (Å²) < 4.78 is 0. The van der Waals surface area contributed by atoms with Crippen LogP contribution in [0, 0.1) is 6.92 Å². The first kappa shape index (κ1) is 14.9. The summed E-state index contributed by atoms with van der Waals surface area (Å²) in [4.78, 5) is 25.2. The van der Waals surface area contributed by atoms with Crippen LogP contribution in [0.3, 0.4) is 0 Å². The Morgan fingerprint density at radius 1 is 1.36 bits per heavy atom. The van der Waals surface area contributed by atoms with Crippen molar-refractivity contribution < 1.29 is 9.59 Å². The van der Waals surface area contributed by atoms with Crippen molar-refractivity contribution in [3.8, 4) is 0 Å². The molecule has 3 rings (SSSR count). The summed E-state index contributed by atoms with van der Waals surface area (Å²) in [5.41, 5.74) is 2.72. The van der Waals surface area contributed by atoms with E-state index < -0.39 is 0 Å². The number of hydrogen-bond donors (Lipinski definition) is 2. The highest BCUT2D eigenvalue weighted by Crippen LogP contribution is 2.48. The summed E-state index contributed by atoms with van der Waals surface area (Å²) in [6.07, 6.45) is 2.62. The average molecular weight is 301 g/mol. The van der Waals surface area contributed by atoms with Crippen LogP contribution in [-0.2, 0) is 10.2 Å². The molecule has 2 N–H and O–H groups in total. The highest BCUT2D eigenvalue weighted by Gasteiger charge is 2.45. The maximum atomic E-state index is 12.1. The minimum atomic E-state index is -0.173. The van der Waals surface area contributed by atoms with Gasteiger partial charge in [-0.3, -0.25) is 4.79 Å². The predicted octanol–water partition coefficient (Wildman–Crippen LogP) is 1.56. The molecule has 1 saturated carbocycles. The Bertz CT molecular complexity index is 595. The Morgan fingerprint density at radius 2 is 2.09 bits per heavy atom. The van der Waals surface area contributed by atoms with E-state index in [0.29, 0.717) is 19.5 Å². The third kappa shape index (κ3) is 2.93. The molecule has 1 heterocycles. The lowest BCUT2D eigenvalue weighted by molar-refractivity contribution is -0.126. The van der Waals surface area contributed by atoms with Crippen molar-refractivity contribution in [3.63, 3.8) is 0 Å². The summed E-state index contributed by atoms with van der Waals surface area (Å²) in [7, 11) is 1.76. The summed E-state index contributed by atoms with van der Waals surface area (Å²) in [6.45, 7) is 3.37. The first-order chi connectivity index (χ1) is 10.5. The molecule has 5 heteroatoms. The molecular formula is C17H23N3O2. The van der Waals surface area contributed by atoms with E-state index in [1.54, 1.807) is 11.9 Å². The van der Waals surface area contributed by atoms with Crippen molar-refractivity contribution in [1.82, 2.24) is 15.5 Å². The molecule has 118 valence electrons. The number of carbonyl (C=O) groups excluding carboxylic acids is 2. The Kier molecular flexibility index (Phi) is 3.81. The second-order valence-corrected chi connectivity index (χ2v) is 6.60. The Balaban J connectivity index is 1.53. The van der Waals surface area contributed by atoms with Crippen LogP contribution < -0.4 is 10.6 Å². The molecule has 1 atom stereocenters. The van der Waals surface area contributed by atoms with Gasteiger partial charge in [-0.15, -0.1) is 0 Å². The Morgan fingerprint density at radius 3 is 2.68 bits per heavy atom. The zero-order valence-corrected chi connectivity index (χ0v) is 13.2. The molecule has 0 unspecified atom stereocenters. The van der Waals surface area contributed by atoms with E-state index >= 15 is 0 Å². The van der Waals surface area contributed by atoms with E-state index in [4.69, 9.17) is 0 Å². The van der Waals surface area contributed by atoms with E-state index in [1.165, 1.54) is 11.1 Å². The number of rotatable bonds is 4. The quantitative estimate of drug-likeness (QED) is 0.886. The van der Waals surface area contributed by atoms with Crippen LogP contribution in [0.25, 0.3) is 0 Å². The molecule has 2 fully saturated rings. The summed E-state index contributed by atoms with van der Waals surface area (Å²) >= 11 is 0. The number of amides is 3. The van der Waals surface area contributed by atoms with Crippen LogP contribution in [0.5, 0.6) is 0 Å². The SMILES string of the molecule is Cc1ccccc1C1(CNC(=O)N[C@H]2CC(=O)N(C)C2)CC1. The second kappa shape index (κ2) is 5.63. The number of hydrogen-bond acceptors (Lipinski definition) is 2. The molecular weight excluding hydrogens is 278 g/mol. The smallest absolute Gasteiger partial charge is 0.315 e. The maximum Gasteiger partial charge on any atom is 0.315 e. The van der Waals surface area contributed by atoms with Crippen LogP contribution in [0.4, 0.5) is 4.79 Å². The predicted molar refractivity (Wildman–Crippen MR) is 84.7 cm³/mol. The van der Waals surface area contributed by atoms with Gasteiger partial charge in [0.05, 0.1) is 6.04 Å². The molecule has 2 aliphatic rings. The molecule has 0 bridgehead atoms. The minimum absolute atomic E-state index is 0.0777. The summed E-state index contributed by atoms with van der Waals surface area (Å²) in [5, 5.41) is 5.88. The van der Waals surface area contributed by atoms with Gasteiger partial charge in [0.25, 0.3) is 0 Å². The molecule has 1 aliphatic carbocycles. The van der Waals surface area contributed by atoms with E-state index in [1.807, 2.05) is 6.07 Å². The number of likely N-dealkylation sites (N-methyl/N-ethyl adjacent to an activating group) is 1. The average Bonchev–Trinajstić information content (AvgIpc) is 3.20. The van der Waals surface area contributed by atoms with Gasteiger partial charge in [0.1, 0.15) is 0 Å². The van der Waals surface area contributed by atoms with Gasteiger partial charge in [0.15, 0.2) is 0 Å². The molecule has 1 aromatic rings. The third-order valence-corrected chi connectivity index (χ3v) is 4.83. The molecule has 22 heavy (non-hydrogen) atoms. The fourth-order valence-electron chi connectivity index (χ4n) is 3.31. The van der Waals surface area contributed by atoms with E-state index in [0.717, 1.165) is 12.8 Å². The molecule has 0 spiro atoms. The van der Waals surface area contributed by atoms with E-state index in [2.05, 4.69) is 35.8 Å². The fraction of sp³-hybridized carbons (Fsp3) is 0.529. The zero-order chi connectivity index (χ0) is 15.7. The molecule has 3 amide bonds. The fourth-order valence-corrected chi connectivity index (χ4v) is 3.31. The summed E-state index contributed by atoms with van der Waals surface area (Å²) in [5.74, 6) is 0.0869. The number of nitrogens with one attached hydrogen (secondary N) is 2. The second-order valence-electron chi connectivity index (χ2n) is 6.60. The Hall–Kier alpha value is -2.04. The topological polar surface area (TPSA) is 61.4 Å². The monoisotopic (exact) mass is 301 g/mol.